The van der Waals surface area contributed by atoms with Crippen LogP contribution >= 0.6 is 0 Å². The van der Waals surface area contributed by atoms with Gasteiger partial charge in [0.2, 0.25) is 0 Å². The second-order valence-corrected chi connectivity index (χ2v) is 5.69. The van der Waals surface area contributed by atoms with E-state index in [9.17, 15) is 5.11 Å². The molecular formula is C22H22O3. The summed E-state index contributed by atoms with van der Waals surface area (Å²) in [5, 5.41) is 9.44. The Morgan fingerprint density at radius 1 is 0.760 bits per heavy atom. The summed E-state index contributed by atoms with van der Waals surface area (Å²) < 4.78 is 12.0. The fraction of sp³-hybridized carbons (Fsp3) is 0.182. The van der Waals surface area contributed by atoms with Crippen molar-refractivity contribution in [2.75, 3.05) is 20.3 Å². The summed E-state index contributed by atoms with van der Waals surface area (Å²) in [4.78, 5) is 0. The van der Waals surface area contributed by atoms with Crippen LogP contribution in [0.1, 0.15) is 16.7 Å². The summed E-state index contributed by atoms with van der Waals surface area (Å²) in [5.41, 5.74) is 2.01. The number of hydrogen-bond donors (Lipinski definition) is 1. The molecule has 3 nitrogen and oxygen atoms in total. The third kappa shape index (κ3) is 3.29. The van der Waals surface area contributed by atoms with E-state index in [4.69, 9.17) is 9.47 Å². The van der Waals surface area contributed by atoms with Gasteiger partial charge in [0.15, 0.2) is 0 Å². The van der Waals surface area contributed by atoms with Gasteiger partial charge in [-0.05, 0) is 17.2 Å². The van der Waals surface area contributed by atoms with Crippen molar-refractivity contribution in [3.8, 4) is 5.75 Å². The predicted molar refractivity (Wildman–Crippen MR) is 98.8 cm³/mol. The normalized spacial score (nSPS) is 11.3. The Morgan fingerprint density at radius 3 is 1.80 bits per heavy atom. The van der Waals surface area contributed by atoms with Gasteiger partial charge in [-0.15, -0.1) is 0 Å². The van der Waals surface area contributed by atoms with Gasteiger partial charge in [-0.1, -0.05) is 78.9 Å². The molecule has 1 N–H and O–H groups in total. The molecule has 0 unspecified atom stereocenters. The minimum Gasteiger partial charge on any atom is -0.496 e. The summed E-state index contributed by atoms with van der Waals surface area (Å²) in [6.07, 6.45) is 0. The zero-order valence-electron chi connectivity index (χ0n) is 14.3. The highest BCUT2D eigenvalue weighted by molar-refractivity contribution is 5.52. The maximum absolute atomic E-state index is 9.44. The average molecular weight is 334 g/mol. The lowest BCUT2D eigenvalue weighted by Gasteiger charge is -2.36. The second kappa shape index (κ2) is 7.97. The molecule has 0 radical (unpaired) electrons. The number of aliphatic hydroxyl groups is 1. The third-order valence-corrected chi connectivity index (χ3v) is 4.26. The minimum absolute atomic E-state index is 0.0590. The van der Waals surface area contributed by atoms with Gasteiger partial charge in [0.05, 0.1) is 20.3 Å². The molecule has 0 fully saturated rings. The van der Waals surface area contributed by atoms with Crippen molar-refractivity contribution in [3.05, 3.63) is 102 Å². The number of methoxy groups -OCH3 is 1. The molecule has 128 valence electrons. The van der Waals surface area contributed by atoms with Crippen LogP contribution in [0, 0.1) is 0 Å². The first-order valence-electron chi connectivity index (χ1n) is 8.32. The Hall–Kier alpha value is -2.62. The summed E-state index contributed by atoms with van der Waals surface area (Å²) >= 11 is 0. The fourth-order valence-electron chi connectivity index (χ4n) is 3.20. The van der Waals surface area contributed by atoms with Gasteiger partial charge < -0.3 is 14.6 Å². The fourth-order valence-corrected chi connectivity index (χ4v) is 3.20. The lowest BCUT2D eigenvalue weighted by Crippen LogP contribution is -2.34. The number of aliphatic hydroxyl groups excluding tert-OH is 1. The first-order chi connectivity index (χ1) is 12.3. The molecule has 0 saturated heterocycles. The van der Waals surface area contributed by atoms with Crippen molar-refractivity contribution < 1.29 is 14.6 Å². The molecule has 0 amide bonds. The van der Waals surface area contributed by atoms with Crippen molar-refractivity contribution in [1.82, 2.24) is 0 Å². The average Bonchev–Trinajstić information content (AvgIpc) is 2.70. The summed E-state index contributed by atoms with van der Waals surface area (Å²) in [6.45, 7) is 0.151. The van der Waals surface area contributed by atoms with E-state index >= 15 is 0 Å². The van der Waals surface area contributed by atoms with Crippen LogP contribution in [0.4, 0.5) is 0 Å². The predicted octanol–water partition coefficient (Wildman–Crippen LogP) is 4.00. The van der Waals surface area contributed by atoms with Crippen LogP contribution in [0.5, 0.6) is 5.75 Å². The van der Waals surface area contributed by atoms with Gasteiger partial charge >= 0.3 is 0 Å². The lowest BCUT2D eigenvalue weighted by atomic mass is 9.79. The van der Waals surface area contributed by atoms with Crippen LogP contribution in [-0.4, -0.2) is 25.4 Å². The van der Waals surface area contributed by atoms with Gasteiger partial charge in [0.25, 0.3) is 0 Å². The largest absolute Gasteiger partial charge is 0.496 e. The van der Waals surface area contributed by atoms with Gasteiger partial charge in [-0.2, -0.15) is 0 Å². The number of benzene rings is 3. The molecule has 0 aliphatic rings. The summed E-state index contributed by atoms with van der Waals surface area (Å²) in [7, 11) is 1.66. The standard InChI is InChI=1S/C22H22O3/c1-24-21-15-9-8-14-20(21)22(25-17-16-23,18-10-4-2-5-11-18)19-12-6-3-7-13-19/h2-15,23H,16-17H2,1H3. The number of ether oxygens (including phenoxy) is 2. The zero-order valence-corrected chi connectivity index (χ0v) is 14.3. The summed E-state index contributed by atoms with van der Waals surface area (Å²) in [6, 6.07) is 27.9. The highest BCUT2D eigenvalue weighted by Gasteiger charge is 2.39. The quantitative estimate of drug-likeness (QED) is 0.664. The third-order valence-electron chi connectivity index (χ3n) is 4.26. The molecule has 0 aliphatic carbocycles. The van der Waals surface area contributed by atoms with E-state index in [2.05, 4.69) is 0 Å². The molecule has 0 aromatic heterocycles. The molecule has 0 spiro atoms. The van der Waals surface area contributed by atoms with Crippen LogP contribution in [0.3, 0.4) is 0 Å². The Morgan fingerprint density at radius 2 is 1.28 bits per heavy atom. The summed E-state index contributed by atoms with van der Waals surface area (Å²) in [5.74, 6) is 0.744. The van der Waals surface area contributed by atoms with Crippen molar-refractivity contribution in [2.24, 2.45) is 0 Å². The van der Waals surface area contributed by atoms with Crippen LogP contribution in [-0.2, 0) is 10.3 Å². The van der Waals surface area contributed by atoms with Crippen molar-refractivity contribution >= 4 is 0 Å². The van der Waals surface area contributed by atoms with E-state index in [0.29, 0.717) is 0 Å². The van der Waals surface area contributed by atoms with E-state index in [1.54, 1.807) is 7.11 Å². The Labute approximate surface area is 148 Å². The molecule has 3 rings (SSSR count). The molecule has 0 bridgehead atoms. The van der Waals surface area contributed by atoms with Crippen LogP contribution in [0.15, 0.2) is 84.9 Å². The minimum atomic E-state index is -0.863. The van der Waals surface area contributed by atoms with Gasteiger partial charge in [0, 0.05) is 5.56 Å². The highest BCUT2D eigenvalue weighted by atomic mass is 16.5. The maximum atomic E-state index is 9.44. The maximum Gasteiger partial charge on any atom is 0.147 e. The lowest BCUT2D eigenvalue weighted by molar-refractivity contribution is -0.00771. The van der Waals surface area contributed by atoms with E-state index in [1.165, 1.54) is 0 Å². The molecule has 3 heteroatoms. The SMILES string of the molecule is COc1ccccc1C(OCCO)(c1ccccc1)c1ccccc1. The van der Waals surface area contributed by atoms with Crippen LogP contribution in [0.2, 0.25) is 0 Å². The molecule has 0 saturated carbocycles. The first kappa shape index (κ1) is 17.2. The molecule has 3 aromatic carbocycles. The van der Waals surface area contributed by atoms with Gasteiger partial charge in [0.1, 0.15) is 11.4 Å². The molecule has 0 atom stereocenters. The topological polar surface area (TPSA) is 38.7 Å². The van der Waals surface area contributed by atoms with E-state index in [-0.39, 0.29) is 13.2 Å². The van der Waals surface area contributed by atoms with Gasteiger partial charge in [-0.25, -0.2) is 0 Å². The smallest absolute Gasteiger partial charge is 0.147 e. The molecule has 25 heavy (non-hydrogen) atoms. The van der Waals surface area contributed by atoms with Crippen molar-refractivity contribution in [2.45, 2.75) is 5.60 Å². The monoisotopic (exact) mass is 334 g/mol. The number of rotatable bonds is 7. The van der Waals surface area contributed by atoms with Crippen LogP contribution < -0.4 is 4.74 Å². The Kier molecular flexibility index (Phi) is 5.49. The van der Waals surface area contributed by atoms with Crippen molar-refractivity contribution in [3.63, 3.8) is 0 Å². The number of hydrogen-bond acceptors (Lipinski definition) is 3. The van der Waals surface area contributed by atoms with Gasteiger partial charge in [-0.3, -0.25) is 0 Å². The molecule has 0 aliphatic heterocycles. The first-order valence-corrected chi connectivity index (χ1v) is 8.32. The Bertz CT molecular complexity index is 745. The van der Waals surface area contributed by atoms with E-state index in [0.717, 1.165) is 22.4 Å². The van der Waals surface area contributed by atoms with Crippen molar-refractivity contribution in [1.29, 1.82) is 0 Å². The molecule has 0 heterocycles. The van der Waals surface area contributed by atoms with E-state index in [1.807, 2.05) is 84.9 Å². The van der Waals surface area contributed by atoms with E-state index < -0.39 is 5.60 Å². The van der Waals surface area contributed by atoms with Crippen LogP contribution in [0.25, 0.3) is 0 Å². The molecular weight excluding hydrogens is 312 g/mol. The number of para-hydroxylation sites is 1. The zero-order chi connectivity index (χ0) is 17.5. The molecule has 3 aromatic rings. The Balaban J connectivity index is 2.32. The second-order valence-electron chi connectivity index (χ2n) is 5.69. The highest BCUT2D eigenvalue weighted by Crippen LogP contribution is 2.44.